The zero-order valence-corrected chi connectivity index (χ0v) is 12.7. The average molecular weight is 308 g/mol. The van der Waals surface area contributed by atoms with Crippen LogP contribution in [-0.4, -0.2) is 18.4 Å². The summed E-state index contributed by atoms with van der Waals surface area (Å²) < 4.78 is 29.8. The summed E-state index contributed by atoms with van der Waals surface area (Å²) in [4.78, 5) is 7.47. The Balaban J connectivity index is 2.48. The van der Waals surface area contributed by atoms with Gasteiger partial charge in [-0.25, -0.2) is 0 Å². The van der Waals surface area contributed by atoms with E-state index in [4.69, 9.17) is 15.7 Å². The first-order valence-electron chi connectivity index (χ1n) is 6.11. The smallest absolute Gasteiger partial charge is 0.341 e. The van der Waals surface area contributed by atoms with Gasteiger partial charge >= 0.3 is 10.1 Å². The molecule has 0 spiro atoms. The minimum Gasteiger partial charge on any atom is -0.383 e. The molecule has 1 heterocycles. The molecule has 0 saturated heterocycles. The Morgan fingerprint density at radius 2 is 1.57 bits per heavy atom. The van der Waals surface area contributed by atoms with Crippen LogP contribution in [0.2, 0.25) is 0 Å². The number of hydrogen-bond donors (Lipinski definition) is 2. The third-order valence-electron chi connectivity index (χ3n) is 2.79. The number of aryl methyl sites for hydroxylation is 3. The number of rotatable bonds is 3. The molecule has 2 rings (SSSR count). The van der Waals surface area contributed by atoms with Crippen LogP contribution in [0.1, 0.15) is 16.7 Å². The van der Waals surface area contributed by atoms with E-state index in [0.717, 1.165) is 5.56 Å². The third kappa shape index (κ3) is 3.22. The SMILES string of the molecule is Cc1cc(C)c(S(=O)(=O)Oc2cc(N)nc(N)n2)c(C)c1. The van der Waals surface area contributed by atoms with Gasteiger partial charge in [-0.3, -0.25) is 0 Å². The van der Waals surface area contributed by atoms with Crippen molar-refractivity contribution in [2.45, 2.75) is 25.7 Å². The zero-order chi connectivity index (χ0) is 15.8. The van der Waals surface area contributed by atoms with Crippen molar-refractivity contribution < 1.29 is 12.6 Å². The van der Waals surface area contributed by atoms with Crippen LogP contribution in [-0.2, 0) is 10.1 Å². The Bertz CT molecular complexity index is 760. The maximum Gasteiger partial charge on any atom is 0.341 e. The molecule has 0 fully saturated rings. The van der Waals surface area contributed by atoms with Crippen LogP contribution in [0.5, 0.6) is 5.88 Å². The van der Waals surface area contributed by atoms with Crippen molar-refractivity contribution in [2.75, 3.05) is 11.5 Å². The van der Waals surface area contributed by atoms with Crippen molar-refractivity contribution in [1.82, 2.24) is 9.97 Å². The fourth-order valence-corrected chi connectivity index (χ4v) is 3.52. The van der Waals surface area contributed by atoms with Crippen molar-refractivity contribution in [3.05, 3.63) is 34.9 Å². The number of benzene rings is 1. The van der Waals surface area contributed by atoms with Gasteiger partial charge in [0.25, 0.3) is 0 Å². The fraction of sp³-hybridized carbons (Fsp3) is 0.231. The van der Waals surface area contributed by atoms with Crippen LogP contribution in [0.3, 0.4) is 0 Å². The normalized spacial score (nSPS) is 11.4. The molecular formula is C13H16N4O3S. The van der Waals surface area contributed by atoms with E-state index in [1.807, 2.05) is 6.92 Å². The minimum atomic E-state index is -4.03. The van der Waals surface area contributed by atoms with Crippen molar-refractivity contribution in [2.24, 2.45) is 0 Å². The number of nitrogens with two attached hydrogens (primary N) is 2. The van der Waals surface area contributed by atoms with Gasteiger partial charge in [-0.1, -0.05) is 17.7 Å². The molecule has 7 nitrogen and oxygen atoms in total. The molecule has 8 heteroatoms. The van der Waals surface area contributed by atoms with Crippen molar-refractivity contribution in [1.29, 1.82) is 0 Å². The van der Waals surface area contributed by atoms with E-state index in [1.54, 1.807) is 26.0 Å². The lowest BCUT2D eigenvalue weighted by Gasteiger charge is -2.12. The second-order valence-corrected chi connectivity index (χ2v) is 6.24. The highest BCUT2D eigenvalue weighted by atomic mass is 32.2. The Kier molecular flexibility index (Phi) is 3.73. The number of aromatic nitrogens is 2. The summed E-state index contributed by atoms with van der Waals surface area (Å²) in [6.07, 6.45) is 0. The molecule has 1 aromatic carbocycles. The molecule has 2 aromatic rings. The molecule has 0 bridgehead atoms. The zero-order valence-electron chi connectivity index (χ0n) is 11.9. The van der Waals surface area contributed by atoms with Crippen LogP contribution < -0.4 is 15.7 Å². The van der Waals surface area contributed by atoms with E-state index in [1.165, 1.54) is 6.07 Å². The van der Waals surface area contributed by atoms with E-state index in [-0.39, 0.29) is 22.5 Å². The van der Waals surface area contributed by atoms with Gasteiger partial charge in [-0.05, 0) is 31.9 Å². The average Bonchev–Trinajstić information content (AvgIpc) is 2.23. The molecule has 0 aliphatic carbocycles. The molecule has 0 saturated carbocycles. The van der Waals surface area contributed by atoms with E-state index < -0.39 is 10.1 Å². The van der Waals surface area contributed by atoms with Gasteiger partial charge in [0, 0.05) is 6.07 Å². The number of nitrogen functional groups attached to an aromatic ring is 2. The maximum absolute atomic E-state index is 12.4. The molecule has 0 unspecified atom stereocenters. The van der Waals surface area contributed by atoms with E-state index in [9.17, 15) is 8.42 Å². The van der Waals surface area contributed by atoms with Crippen molar-refractivity contribution in [3.8, 4) is 5.88 Å². The predicted octanol–water partition coefficient (Wildman–Crippen LogP) is 1.33. The first kappa shape index (κ1) is 15.0. The second-order valence-electron chi connectivity index (χ2n) is 4.75. The molecule has 1 aromatic heterocycles. The highest BCUT2D eigenvalue weighted by molar-refractivity contribution is 7.87. The van der Waals surface area contributed by atoms with Gasteiger partial charge in [0.1, 0.15) is 10.7 Å². The lowest BCUT2D eigenvalue weighted by atomic mass is 10.1. The summed E-state index contributed by atoms with van der Waals surface area (Å²) in [7, 11) is -4.03. The lowest BCUT2D eigenvalue weighted by molar-refractivity contribution is 0.475. The Morgan fingerprint density at radius 1 is 1.00 bits per heavy atom. The molecule has 4 N–H and O–H groups in total. The van der Waals surface area contributed by atoms with E-state index in [0.29, 0.717) is 11.1 Å². The van der Waals surface area contributed by atoms with Crippen LogP contribution in [0.4, 0.5) is 11.8 Å². The second kappa shape index (κ2) is 5.21. The molecule has 0 radical (unpaired) electrons. The summed E-state index contributed by atoms with van der Waals surface area (Å²) in [5, 5.41) is 0. The minimum absolute atomic E-state index is 0.0325. The standard InChI is InChI=1S/C13H16N4O3S/c1-7-4-8(2)12(9(3)5-7)21(18,19)20-11-6-10(14)16-13(15)17-11/h4-6H,1-3H3,(H4,14,15,16,17). The molecular weight excluding hydrogens is 292 g/mol. The summed E-state index contributed by atoms with van der Waals surface area (Å²) in [6, 6.07) is 4.74. The Labute approximate surface area is 123 Å². The molecule has 112 valence electrons. The topological polar surface area (TPSA) is 121 Å². The van der Waals surface area contributed by atoms with Crippen LogP contribution >= 0.6 is 0 Å². The Morgan fingerprint density at radius 3 is 2.10 bits per heavy atom. The van der Waals surface area contributed by atoms with Crippen LogP contribution in [0.25, 0.3) is 0 Å². The van der Waals surface area contributed by atoms with Gasteiger partial charge in [-0.15, -0.1) is 0 Å². The largest absolute Gasteiger partial charge is 0.383 e. The van der Waals surface area contributed by atoms with Gasteiger partial charge < -0.3 is 15.7 Å². The molecule has 0 aliphatic rings. The molecule has 0 aliphatic heterocycles. The summed E-state index contributed by atoms with van der Waals surface area (Å²) in [5.41, 5.74) is 13.1. The van der Waals surface area contributed by atoms with Gasteiger partial charge in [0.05, 0.1) is 0 Å². The highest BCUT2D eigenvalue weighted by Gasteiger charge is 2.23. The van der Waals surface area contributed by atoms with Gasteiger partial charge in [0.2, 0.25) is 11.8 Å². The molecule has 21 heavy (non-hydrogen) atoms. The van der Waals surface area contributed by atoms with Gasteiger partial charge in [-0.2, -0.15) is 18.4 Å². The number of anilines is 2. The van der Waals surface area contributed by atoms with Crippen LogP contribution in [0, 0.1) is 20.8 Å². The van der Waals surface area contributed by atoms with Crippen LogP contribution in [0.15, 0.2) is 23.1 Å². The first-order chi connectivity index (χ1) is 9.69. The summed E-state index contributed by atoms with van der Waals surface area (Å²) in [5.74, 6) is -0.332. The fourth-order valence-electron chi connectivity index (χ4n) is 2.22. The monoisotopic (exact) mass is 308 g/mol. The summed E-state index contributed by atoms with van der Waals surface area (Å²) in [6.45, 7) is 5.31. The van der Waals surface area contributed by atoms with Crippen molar-refractivity contribution in [3.63, 3.8) is 0 Å². The van der Waals surface area contributed by atoms with Gasteiger partial charge in [0.15, 0.2) is 0 Å². The number of hydrogen-bond acceptors (Lipinski definition) is 7. The Hall–Kier alpha value is -2.35. The first-order valence-corrected chi connectivity index (χ1v) is 7.52. The highest BCUT2D eigenvalue weighted by Crippen LogP contribution is 2.25. The quantitative estimate of drug-likeness (QED) is 0.820. The molecule has 0 atom stereocenters. The predicted molar refractivity (Wildman–Crippen MR) is 79.3 cm³/mol. The van der Waals surface area contributed by atoms with E-state index >= 15 is 0 Å². The molecule has 0 amide bonds. The van der Waals surface area contributed by atoms with E-state index in [2.05, 4.69) is 9.97 Å². The third-order valence-corrected chi connectivity index (χ3v) is 4.32. The lowest BCUT2D eigenvalue weighted by Crippen LogP contribution is -2.15. The van der Waals surface area contributed by atoms with Crippen molar-refractivity contribution >= 4 is 21.9 Å². The number of nitrogens with zero attached hydrogens (tertiary/aromatic N) is 2. The maximum atomic E-state index is 12.4. The summed E-state index contributed by atoms with van der Waals surface area (Å²) >= 11 is 0.